The number of ether oxygens (including phenoxy) is 2. The van der Waals surface area contributed by atoms with Crippen LogP contribution in [0.1, 0.15) is 47.8 Å². The van der Waals surface area contributed by atoms with Crippen LogP contribution in [-0.2, 0) is 0 Å². The van der Waals surface area contributed by atoms with Gasteiger partial charge in [-0.2, -0.15) is 5.10 Å². The number of nitrogens with zero attached hydrogens (tertiary/aromatic N) is 2. The summed E-state index contributed by atoms with van der Waals surface area (Å²) in [5.41, 5.74) is 1.42. The molecule has 1 aromatic carbocycles. The Morgan fingerprint density at radius 3 is 2.54 bits per heavy atom. The molecule has 1 aliphatic rings. The standard InChI is InChI=1S/C18H23N3O3/c1-12-10-17(21(20-12)14-6-4-5-7-14)19-18(22)13-8-9-15(23-2)16(11-13)24-3/h8-11,14H,4-7H2,1-3H3,(H,19,22). The summed E-state index contributed by atoms with van der Waals surface area (Å²) in [5, 5.41) is 7.54. The van der Waals surface area contributed by atoms with E-state index in [1.54, 1.807) is 32.4 Å². The summed E-state index contributed by atoms with van der Waals surface area (Å²) in [7, 11) is 3.12. The van der Waals surface area contributed by atoms with E-state index in [4.69, 9.17) is 9.47 Å². The van der Waals surface area contributed by atoms with Crippen LogP contribution in [0.25, 0.3) is 0 Å². The number of aromatic nitrogens is 2. The minimum atomic E-state index is -0.185. The van der Waals surface area contributed by atoms with Crippen molar-refractivity contribution in [1.29, 1.82) is 0 Å². The lowest BCUT2D eigenvalue weighted by molar-refractivity contribution is 0.102. The lowest BCUT2D eigenvalue weighted by atomic mass is 10.2. The second-order valence-corrected chi connectivity index (χ2v) is 6.08. The molecule has 1 aromatic heterocycles. The van der Waals surface area contributed by atoms with Crippen LogP contribution in [0, 0.1) is 6.92 Å². The van der Waals surface area contributed by atoms with E-state index in [-0.39, 0.29) is 5.91 Å². The normalized spacial score (nSPS) is 14.6. The topological polar surface area (TPSA) is 65.4 Å². The van der Waals surface area contributed by atoms with Gasteiger partial charge in [-0.25, -0.2) is 4.68 Å². The molecule has 1 heterocycles. The van der Waals surface area contributed by atoms with Crippen molar-refractivity contribution < 1.29 is 14.3 Å². The fourth-order valence-electron chi connectivity index (χ4n) is 3.20. The summed E-state index contributed by atoms with van der Waals surface area (Å²) in [6.07, 6.45) is 4.65. The van der Waals surface area contributed by atoms with Gasteiger partial charge < -0.3 is 14.8 Å². The van der Waals surface area contributed by atoms with E-state index in [1.807, 2.05) is 17.7 Å². The Morgan fingerprint density at radius 2 is 1.88 bits per heavy atom. The Kier molecular flexibility index (Phi) is 4.74. The van der Waals surface area contributed by atoms with Crippen molar-refractivity contribution in [2.75, 3.05) is 19.5 Å². The molecule has 6 heteroatoms. The summed E-state index contributed by atoms with van der Waals surface area (Å²) in [4.78, 5) is 12.6. The summed E-state index contributed by atoms with van der Waals surface area (Å²) in [6.45, 7) is 1.94. The van der Waals surface area contributed by atoms with Crippen LogP contribution in [0.15, 0.2) is 24.3 Å². The number of nitrogens with one attached hydrogen (secondary N) is 1. The molecule has 0 aliphatic heterocycles. The lowest BCUT2D eigenvalue weighted by Crippen LogP contribution is -2.17. The smallest absolute Gasteiger partial charge is 0.256 e. The number of aryl methyl sites for hydroxylation is 1. The van der Waals surface area contributed by atoms with Gasteiger partial charge in [-0.05, 0) is 38.0 Å². The molecule has 1 fully saturated rings. The molecule has 1 amide bonds. The van der Waals surface area contributed by atoms with E-state index in [1.165, 1.54) is 12.8 Å². The monoisotopic (exact) mass is 329 g/mol. The molecule has 2 aromatic rings. The molecule has 6 nitrogen and oxygen atoms in total. The van der Waals surface area contributed by atoms with Crippen LogP contribution in [0.4, 0.5) is 5.82 Å². The third kappa shape index (κ3) is 3.22. The Hall–Kier alpha value is -2.50. The highest BCUT2D eigenvalue weighted by molar-refractivity contribution is 6.04. The van der Waals surface area contributed by atoms with Crippen molar-refractivity contribution in [2.24, 2.45) is 0 Å². The average Bonchev–Trinajstić information content (AvgIpc) is 3.23. The number of amides is 1. The largest absolute Gasteiger partial charge is 0.493 e. The molecule has 0 unspecified atom stereocenters. The Morgan fingerprint density at radius 1 is 1.17 bits per heavy atom. The van der Waals surface area contributed by atoms with E-state index in [9.17, 15) is 4.79 Å². The molecule has 1 saturated carbocycles. The molecule has 3 rings (SSSR count). The van der Waals surface area contributed by atoms with Crippen LogP contribution in [0.3, 0.4) is 0 Å². The molecule has 1 N–H and O–H groups in total. The molecular formula is C18H23N3O3. The molecule has 0 atom stereocenters. The summed E-state index contributed by atoms with van der Waals surface area (Å²) in [5.74, 6) is 1.70. The van der Waals surface area contributed by atoms with E-state index < -0.39 is 0 Å². The van der Waals surface area contributed by atoms with E-state index in [0.29, 0.717) is 23.1 Å². The zero-order valence-electron chi connectivity index (χ0n) is 14.3. The first-order valence-electron chi connectivity index (χ1n) is 8.22. The molecule has 24 heavy (non-hydrogen) atoms. The average molecular weight is 329 g/mol. The van der Waals surface area contributed by atoms with Gasteiger partial charge in [-0.1, -0.05) is 12.8 Å². The van der Waals surface area contributed by atoms with Gasteiger partial charge in [0.25, 0.3) is 5.91 Å². The second-order valence-electron chi connectivity index (χ2n) is 6.08. The lowest BCUT2D eigenvalue weighted by Gasteiger charge is -2.15. The first-order valence-corrected chi connectivity index (χ1v) is 8.22. The fraction of sp³-hybridized carbons (Fsp3) is 0.444. The fourth-order valence-corrected chi connectivity index (χ4v) is 3.20. The number of benzene rings is 1. The van der Waals surface area contributed by atoms with Crippen molar-refractivity contribution >= 4 is 11.7 Å². The van der Waals surface area contributed by atoms with Crippen molar-refractivity contribution in [3.63, 3.8) is 0 Å². The van der Waals surface area contributed by atoms with Crippen molar-refractivity contribution in [3.05, 3.63) is 35.5 Å². The molecule has 128 valence electrons. The highest BCUT2D eigenvalue weighted by Gasteiger charge is 2.22. The SMILES string of the molecule is COc1ccc(C(=O)Nc2cc(C)nn2C2CCCC2)cc1OC. The Balaban J connectivity index is 1.82. The number of anilines is 1. The highest BCUT2D eigenvalue weighted by atomic mass is 16.5. The molecular weight excluding hydrogens is 306 g/mol. The maximum absolute atomic E-state index is 12.6. The van der Waals surface area contributed by atoms with E-state index in [0.717, 1.165) is 24.4 Å². The number of hydrogen-bond acceptors (Lipinski definition) is 4. The minimum absolute atomic E-state index is 0.185. The minimum Gasteiger partial charge on any atom is -0.493 e. The first kappa shape index (κ1) is 16.4. The quantitative estimate of drug-likeness (QED) is 0.910. The molecule has 1 aliphatic carbocycles. The third-order valence-corrected chi connectivity index (χ3v) is 4.42. The van der Waals surface area contributed by atoms with Gasteiger partial charge in [0, 0.05) is 11.6 Å². The number of methoxy groups -OCH3 is 2. The first-order chi connectivity index (χ1) is 11.6. The van der Waals surface area contributed by atoms with E-state index >= 15 is 0 Å². The van der Waals surface area contributed by atoms with Crippen molar-refractivity contribution in [2.45, 2.75) is 38.6 Å². The van der Waals surface area contributed by atoms with Gasteiger partial charge in [0.05, 0.1) is 26.0 Å². The second kappa shape index (κ2) is 6.95. The molecule has 0 radical (unpaired) electrons. The number of rotatable bonds is 5. The molecule has 0 saturated heterocycles. The highest BCUT2D eigenvalue weighted by Crippen LogP contribution is 2.32. The molecule has 0 bridgehead atoms. The molecule has 0 spiro atoms. The van der Waals surface area contributed by atoms with Crippen LogP contribution >= 0.6 is 0 Å². The summed E-state index contributed by atoms with van der Waals surface area (Å²) < 4.78 is 12.4. The number of carbonyl (C=O) groups excluding carboxylic acids is 1. The number of carbonyl (C=O) groups is 1. The van der Waals surface area contributed by atoms with Crippen LogP contribution in [0.5, 0.6) is 11.5 Å². The number of hydrogen-bond donors (Lipinski definition) is 1. The zero-order chi connectivity index (χ0) is 17.1. The maximum Gasteiger partial charge on any atom is 0.256 e. The van der Waals surface area contributed by atoms with Gasteiger partial charge in [0.2, 0.25) is 0 Å². The van der Waals surface area contributed by atoms with Crippen LogP contribution in [-0.4, -0.2) is 29.9 Å². The maximum atomic E-state index is 12.6. The van der Waals surface area contributed by atoms with Crippen LogP contribution in [0.2, 0.25) is 0 Å². The summed E-state index contributed by atoms with van der Waals surface area (Å²) in [6, 6.07) is 7.42. The predicted octanol–water partition coefficient (Wildman–Crippen LogP) is 3.58. The van der Waals surface area contributed by atoms with Crippen molar-refractivity contribution in [1.82, 2.24) is 9.78 Å². The van der Waals surface area contributed by atoms with Gasteiger partial charge >= 0.3 is 0 Å². The van der Waals surface area contributed by atoms with Gasteiger partial charge in [-0.3, -0.25) is 4.79 Å². The van der Waals surface area contributed by atoms with Gasteiger partial charge in [0.1, 0.15) is 5.82 Å². The van der Waals surface area contributed by atoms with Gasteiger partial charge in [0.15, 0.2) is 11.5 Å². The van der Waals surface area contributed by atoms with Crippen LogP contribution < -0.4 is 14.8 Å². The predicted molar refractivity (Wildman–Crippen MR) is 92.0 cm³/mol. The van der Waals surface area contributed by atoms with Crippen molar-refractivity contribution in [3.8, 4) is 11.5 Å². The van der Waals surface area contributed by atoms with Gasteiger partial charge in [-0.15, -0.1) is 0 Å². The Bertz CT molecular complexity index is 733. The summed E-state index contributed by atoms with van der Waals surface area (Å²) >= 11 is 0. The third-order valence-electron chi connectivity index (χ3n) is 4.42. The van der Waals surface area contributed by atoms with E-state index in [2.05, 4.69) is 10.4 Å². The Labute approximate surface area is 141 Å². The zero-order valence-corrected chi connectivity index (χ0v) is 14.3.